The summed E-state index contributed by atoms with van der Waals surface area (Å²) in [4.78, 5) is 0.0434. The van der Waals surface area contributed by atoms with E-state index in [-0.39, 0.29) is 4.90 Å². The fourth-order valence-corrected chi connectivity index (χ4v) is 3.50. The summed E-state index contributed by atoms with van der Waals surface area (Å²) in [6, 6.07) is 3.93. The molecule has 2 N–H and O–H groups in total. The van der Waals surface area contributed by atoms with Gasteiger partial charge < -0.3 is 5.32 Å². The molecule has 0 unspecified atom stereocenters. The molecule has 0 aliphatic heterocycles. The second-order valence-electron chi connectivity index (χ2n) is 5.56. The normalized spacial score (nSPS) is 15.3. The topological polar surface area (TPSA) is 58.2 Å². The Bertz CT molecular complexity index is 571. The maximum Gasteiger partial charge on any atom is 0.240 e. The SMILES string of the molecule is CCCNCc1ccc(F)cc1S(=O)(=O)NCCC1CC1. The van der Waals surface area contributed by atoms with E-state index in [1.165, 1.54) is 25.0 Å². The largest absolute Gasteiger partial charge is 0.313 e. The summed E-state index contributed by atoms with van der Waals surface area (Å²) in [5.41, 5.74) is 0.601. The van der Waals surface area contributed by atoms with Crippen LogP contribution in [0.1, 0.15) is 38.2 Å². The highest BCUT2D eigenvalue weighted by Crippen LogP contribution is 2.31. The quantitative estimate of drug-likeness (QED) is 0.688. The lowest BCUT2D eigenvalue weighted by Crippen LogP contribution is -2.27. The van der Waals surface area contributed by atoms with Gasteiger partial charge in [0.2, 0.25) is 10.0 Å². The van der Waals surface area contributed by atoms with E-state index >= 15 is 0 Å². The first kappa shape index (κ1) is 16.4. The van der Waals surface area contributed by atoms with Crippen LogP contribution in [0.4, 0.5) is 4.39 Å². The minimum Gasteiger partial charge on any atom is -0.313 e. The molecule has 1 aliphatic carbocycles. The molecular formula is C15H23FN2O2S. The van der Waals surface area contributed by atoms with Crippen LogP contribution in [0.15, 0.2) is 23.1 Å². The summed E-state index contributed by atoms with van der Waals surface area (Å²) in [7, 11) is -3.65. The summed E-state index contributed by atoms with van der Waals surface area (Å²) in [6.45, 7) is 3.68. The van der Waals surface area contributed by atoms with Crippen LogP contribution < -0.4 is 10.0 Å². The van der Waals surface area contributed by atoms with E-state index in [0.29, 0.717) is 24.6 Å². The lowest BCUT2D eigenvalue weighted by atomic mass is 10.2. The predicted octanol–water partition coefficient (Wildman–Crippen LogP) is 2.40. The van der Waals surface area contributed by atoms with Crippen molar-refractivity contribution >= 4 is 10.0 Å². The molecule has 2 rings (SSSR count). The van der Waals surface area contributed by atoms with Crippen molar-refractivity contribution in [2.75, 3.05) is 13.1 Å². The van der Waals surface area contributed by atoms with Crippen molar-refractivity contribution in [3.63, 3.8) is 0 Å². The standard InChI is InChI=1S/C15H23FN2O2S/c1-2-8-17-11-13-5-6-14(16)10-15(13)21(19,20)18-9-7-12-3-4-12/h5-6,10,12,17-18H,2-4,7-9,11H2,1H3. The Kier molecular flexibility index (Phi) is 5.72. The Hall–Kier alpha value is -0.980. The minimum atomic E-state index is -3.65. The molecule has 1 saturated carbocycles. The fraction of sp³-hybridized carbons (Fsp3) is 0.600. The van der Waals surface area contributed by atoms with Crippen LogP contribution in [0.3, 0.4) is 0 Å². The summed E-state index contributed by atoms with van der Waals surface area (Å²) in [6.07, 6.45) is 4.20. The van der Waals surface area contributed by atoms with Gasteiger partial charge in [-0.15, -0.1) is 0 Å². The summed E-state index contributed by atoms with van der Waals surface area (Å²) in [5, 5.41) is 3.15. The molecule has 0 amide bonds. The van der Waals surface area contributed by atoms with Gasteiger partial charge >= 0.3 is 0 Å². The van der Waals surface area contributed by atoms with Gasteiger partial charge in [-0.2, -0.15) is 0 Å². The zero-order chi connectivity index (χ0) is 15.3. The molecule has 4 nitrogen and oxygen atoms in total. The van der Waals surface area contributed by atoms with E-state index in [9.17, 15) is 12.8 Å². The molecular weight excluding hydrogens is 291 g/mol. The monoisotopic (exact) mass is 314 g/mol. The van der Waals surface area contributed by atoms with Crippen LogP contribution in [0.2, 0.25) is 0 Å². The molecule has 21 heavy (non-hydrogen) atoms. The molecule has 0 heterocycles. The number of hydrogen-bond donors (Lipinski definition) is 2. The van der Waals surface area contributed by atoms with Crippen LogP contribution in [-0.4, -0.2) is 21.5 Å². The van der Waals surface area contributed by atoms with Crippen molar-refractivity contribution in [1.29, 1.82) is 0 Å². The molecule has 1 aromatic carbocycles. The van der Waals surface area contributed by atoms with Crippen molar-refractivity contribution in [2.45, 2.75) is 44.0 Å². The molecule has 0 atom stereocenters. The third-order valence-electron chi connectivity index (χ3n) is 3.60. The summed E-state index contributed by atoms with van der Waals surface area (Å²) in [5.74, 6) is 0.128. The van der Waals surface area contributed by atoms with Crippen LogP contribution >= 0.6 is 0 Å². The van der Waals surface area contributed by atoms with E-state index in [1.54, 1.807) is 0 Å². The Morgan fingerprint density at radius 1 is 1.29 bits per heavy atom. The van der Waals surface area contributed by atoms with Crippen LogP contribution in [0.5, 0.6) is 0 Å². The highest BCUT2D eigenvalue weighted by Gasteiger charge is 2.23. The lowest BCUT2D eigenvalue weighted by Gasteiger charge is -2.12. The van der Waals surface area contributed by atoms with E-state index in [1.807, 2.05) is 6.92 Å². The molecule has 6 heteroatoms. The van der Waals surface area contributed by atoms with Gasteiger partial charge in [0.05, 0.1) is 4.90 Å². The second kappa shape index (κ2) is 7.33. The first-order chi connectivity index (χ1) is 10.0. The van der Waals surface area contributed by atoms with E-state index in [4.69, 9.17) is 0 Å². The van der Waals surface area contributed by atoms with Gasteiger partial charge in [-0.1, -0.05) is 25.8 Å². The van der Waals surface area contributed by atoms with Gasteiger partial charge in [0.15, 0.2) is 0 Å². The van der Waals surface area contributed by atoms with Crippen LogP contribution in [-0.2, 0) is 16.6 Å². The number of hydrogen-bond acceptors (Lipinski definition) is 3. The molecule has 1 aromatic rings. The Labute approximate surface area is 126 Å². The Morgan fingerprint density at radius 3 is 2.71 bits per heavy atom. The third-order valence-corrected chi connectivity index (χ3v) is 5.15. The number of benzene rings is 1. The molecule has 1 aliphatic rings. The molecule has 0 aromatic heterocycles. The van der Waals surface area contributed by atoms with Gasteiger partial charge in [-0.05, 0) is 43.0 Å². The highest BCUT2D eigenvalue weighted by atomic mass is 32.2. The molecule has 1 fully saturated rings. The first-order valence-corrected chi connectivity index (χ1v) is 9.00. The smallest absolute Gasteiger partial charge is 0.240 e. The predicted molar refractivity (Wildman–Crippen MR) is 80.9 cm³/mol. The van der Waals surface area contributed by atoms with Gasteiger partial charge in [0, 0.05) is 13.1 Å². The second-order valence-corrected chi connectivity index (χ2v) is 7.29. The van der Waals surface area contributed by atoms with Crippen LogP contribution in [0.25, 0.3) is 0 Å². The molecule has 0 spiro atoms. The van der Waals surface area contributed by atoms with Crippen molar-refractivity contribution in [3.8, 4) is 0 Å². The lowest BCUT2D eigenvalue weighted by molar-refractivity contribution is 0.567. The summed E-state index contributed by atoms with van der Waals surface area (Å²) < 4.78 is 40.7. The van der Waals surface area contributed by atoms with Crippen molar-refractivity contribution in [1.82, 2.24) is 10.0 Å². The van der Waals surface area contributed by atoms with Gasteiger partial charge in [0.25, 0.3) is 0 Å². The Balaban J connectivity index is 2.08. The number of nitrogens with one attached hydrogen (secondary N) is 2. The van der Waals surface area contributed by atoms with E-state index in [2.05, 4.69) is 10.0 Å². The third kappa shape index (κ3) is 5.05. The Morgan fingerprint density at radius 2 is 2.05 bits per heavy atom. The van der Waals surface area contributed by atoms with E-state index in [0.717, 1.165) is 25.5 Å². The zero-order valence-electron chi connectivity index (χ0n) is 12.4. The van der Waals surface area contributed by atoms with Gasteiger partial charge in [0.1, 0.15) is 5.82 Å². The van der Waals surface area contributed by atoms with Gasteiger partial charge in [-0.25, -0.2) is 17.5 Å². The zero-order valence-corrected chi connectivity index (χ0v) is 13.2. The van der Waals surface area contributed by atoms with Crippen LogP contribution in [0, 0.1) is 11.7 Å². The number of rotatable bonds is 9. The highest BCUT2D eigenvalue weighted by molar-refractivity contribution is 7.89. The first-order valence-electron chi connectivity index (χ1n) is 7.51. The van der Waals surface area contributed by atoms with Gasteiger partial charge in [-0.3, -0.25) is 0 Å². The minimum absolute atomic E-state index is 0.0434. The molecule has 118 valence electrons. The van der Waals surface area contributed by atoms with E-state index < -0.39 is 15.8 Å². The molecule has 0 saturated heterocycles. The number of sulfonamides is 1. The average Bonchev–Trinajstić information content (AvgIpc) is 3.24. The fourth-order valence-electron chi connectivity index (χ4n) is 2.21. The average molecular weight is 314 g/mol. The molecule has 0 radical (unpaired) electrons. The molecule has 0 bridgehead atoms. The van der Waals surface area contributed by atoms with Crippen molar-refractivity contribution in [3.05, 3.63) is 29.6 Å². The summed E-state index contributed by atoms with van der Waals surface area (Å²) >= 11 is 0. The van der Waals surface area contributed by atoms with Crippen molar-refractivity contribution in [2.24, 2.45) is 5.92 Å². The van der Waals surface area contributed by atoms with Crippen molar-refractivity contribution < 1.29 is 12.8 Å². The maximum atomic E-state index is 13.4. The number of halogens is 1. The maximum absolute atomic E-state index is 13.4.